The van der Waals surface area contributed by atoms with Crippen LogP contribution in [0.2, 0.25) is 5.02 Å². The number of nitrogens with one attached hydrogen (secondary N) is 1. The second-order valence-electron chi connectivity index (χ2n) is 4.34. The smallest absolute Gasteiger partial charge is 0.292 e. The molecule has 2 rings (SSSR count). The van der Waals surface area contributed by atoms with Crippen LogP contribution in [0, 0.1) is 17.0 Å². The second kappa shape index (κ2) is 6.75. The van der Waals surface area contributed by atoms with Crippen LogP contribution < -0.4 is 5.32 Å². The summed E-state index contributed by atoms with van der Waals surface area (Å²) in [5.41, 5.74) is -0.144. The lowest BCUT2D eigenvalue weighted by molar-refractivity contribution is -0.383. The van der Waals surface area contributed by atoms with E-state index in [0.717, 1.165) is 5.82 Å². The highest BCUT2D eigenvalue weighted by Crippen LogP contribution is 2.28. The van der Waals surface area contributed by atoms with E-state index in [2.05, 4.69) is 15.5 Å². The van der Waals surface area contributed by atoms with Gasteiger partial charge in [0.15, 0.2) is 5.16 Å². The quantitative estimate of drug-likeness (QED) is 0.509. The van der Waals surface area contributed by atoms with Crippen molar-refractivity contribution in [3.63, 3.8) is 0 Å². The van der Waals surface area contributed by atoms with E-state index in [0.29, 0.717) is 10.2 Å². The molecule has 1 amide bonds. The number of nitro benzene ring substituents is 1. The van der Waals surface area contributed by atoms with Crippen LogP contribution in [0.5, 0.6) is 0 Å². The minimum absolute atomic E-state index is 0.0512. The van der Waals surface area contributed by atoms with E-state index in [4.69, 9.17) is 11.6 Å². The molecular weight excluding hydrogens is 330 g/mol. The standard InChI is InChI=1S/C12H12ClN5O3S/c1-7-15-16-12(17(7)2)22-6-11(19)14-9-5-8(13)3-4-10(9)18(20)21/h3-5H,6H2,1-2H3,(H,14,19). The van der Waals surface area contributed by atoms with Crippen LogP contribution in [0.3, 0.4) is 0 Å². The lowest BCUT2D eigenvalue weighted by Crippen LogP contribution is -2.15. The zero-order chi connectivity index (χ0) is 16.3. The minimum Gasteiger partial charge on any atom is -0.320 e. The topological polar surface area (TPSA) is 103 Å². The molecule has 10 heteroatoms. The number of carbonyl (C=O) groups is 1. The fourth-order valence-electron chi connectivity index (χ4n) is 1.60. The van der Waals surface area contributed by atoms with Gasteiger partial charge < -0.3 is 9.88 Å². The van der Waals surface area contributed by atoms with Crippen molar-refractivity contribution in [3.05, 3.63) is 39.2 Å². The first-order valence-electron chi connectivity index (χ1n) is 6.11. The molecule has 0 unspecified atom stereocenters. The zero-order valence-electron chi connectivity index (χ0n) is 11.7. The SMILES string of the molecule is Cc1nnc(SCC(=O)Nc2cc(Cl)ccc2[N+](=O)[O-])n1C. The molecule has 0 aliphatic rings. The number of nitrogens with zero attached hydrogens (tertiary/aromatic N) is 4. The summed E-state index contributed by atoms with van der Waals surface area (Å²) in [7, 11) is 1.79. The maximum Gasteiger partial charge on any atom is 0.292 e. The number of rotatable bonds is 5. The first-order chi connectivity index (χ1) is 10.4. The maximum absolute atomic E-state index is 11.9. The van der Waals surface area contributed by atoms with Crippen LogP contribution in [0.4, 0.5) is 11.4 Å². The number of carbonyl (C=O) groups excluding carboxylic acids is 1. The fraction of sp³-hybridized carbons (Fsp3) is 0.250. The molecule has 8 nitrogen and oxygen atoms in total. The molecule has 0 spiro atoms. The number of amides is 1. The Kier molecular flexibility index (Phi) is 4.99. The van der Waals surface area contributed by atoms with E-state index < -0.39 is 10.8 Å². The number of benzene rings is 1. The van der Waals surface area contributed by atoms with Crippen LogP contribution in [0.1, 0.15) is 5.82 Å². The van der Waals surface area contributed by atoms with Crippen LogP contribution in [0.25, 0.3) is 0 Å². The summed E-state index contributed by atoms with van der Waals surface area (Å²) in [6.07, 6.45) is 0. The number of hydrogen-bond acceptors (Lipinski definition) is 6. The number of aromatic nitrogens is 3. The molecular formula is C12H12ClN5O3S. The van der Waals surface area contributed by atoms with Crippen molar-refractivity contribution in [1.29, 1.82) is 0 Å². The fourth-order valence-corrected chi connectivity index (χ4v) is 2.53. The summed E-state index contributed by atoms with van der Waals surface area (Å²) in [6, 6.07) is 3.98. The third kappa shape index (κ3) is 3.74. The Labute approximate surface area is 135 Å². The Balaban J connectivity index is 2.05. The Hall–Kier alpha value is -2.13. The van der Waals surface area contributed by atoms with Gasteiger partial charge in [0.25, 0.3) is 5.69 Å². The highest BCUT2D eigenvalue weighted by molar-refractivity contribution is 7.99. The van der Waals surface area contributed by atoms with Crippen molar-refractivity contribution in [2.45, 2.75) is 12.1 Å². The largest absolute Gasteiger partial charge is 0.320 e. The monoisotopic (exact) mass is 341 g/mol. The third-order valence-electron chi connectivity index (χ3n) is 2.81. The van der Waals surface area contributed by atoms with Crippen molar-refractivity contribution in [2.24, 2.45) is 7.05 Å². The Bertz CT molecular complexity index is 734. The van der Waals surface area contributed by atoms with Gasteiger partial charge in [0, 0.05) is 18.1 Å². The van der Waals surface area contributed by atoms with Gasteiger partial charge in [0.1, 0.15) is 11.5 Å². The van der Waals surface area contributed by atoms with Crippen molar-refractivity contribution < 1.29 is 9.72 Å². The van der Waals surface area contributed by atoms with Crippen molar-refractivity contribution in [2.75, 3.05) is 11.1 Å². The zero-order valence-corrected chi connectivity index (χ0v) is 13.3. The Morgan fingerprint density at radius 1 is 1.50 bits per heavy atom. The van der Waals surface area contributed by atoms with Crippen molar-refractivity contribution in [3.8, 4) is 0 Å². The van der Waals surface area contributed by atoms with Gasteiger partial charge in [-0.1, -0.05) is 23.4 Å². The minimum atomic E-state index is -0.578. The number of nitro groups is 1. The molecule has 0 saturated heterocycles. The molecule has 0 aliphatic carbocycles. The third-order valence-corrected chi connectivity index (χ3v) is 4.07. The van der Waals surface area contributed by atoms with Gasteiger partial charge in [-0.2, -0.15) is 0 Å². The lowest BCUT2D eigenvalue weighted by atomic mass is 10.2. The number of halogens is 1. The molecule has 1 heterocycles. The first-order valence-corrected chi connectivity index (χ1v) is 7.47. The van der Waals surface area contributed by atoms with Crippen LogP contribution in [-0.2, 0) is 11.8 Å². The van der Waals surface area contributed by atoms with Gasteiger partial charge in [-0.15, -0.1) is 10.2 Å². The predicted octanol–water partition coefficient (Wildman–Crippen LogP) is 2.42. The molecule has 1 N–H and O–H groups in total. The van der Waals surface area contributed by atoms with E-state index >= 15 is 0 Å². The van der Waals surface area contributed by atoms with E-state index in [-0.39, 0.29) is 17.1 Å². The summed E-state index contributed by atoms with van der Waals surface area (Å²) in [4.78, 5) is 22.3. The van der Waals surface area contributed by atoms with Gasteiger partial charge in [-0.25, -0.2) is 0 Å². The summed E-state index contributed by atoms with van der Waals surface area (Å²) in [6.45, 7) is 1.80. The summed E-state index contributed by atoms with van der Waals surface area (Å²) >= 11 is 6.99. The van der Waals surface area contributed by atoms with Crippen LogP contribution >= 0.6 is 23.4 Å². The highest BCUT2D eigenvalue weighted by Gasteiger charge is 2.17. The summed E-state index contributed by atoms with van der Waals surface area (Å²) in [5, 5.41) is 22.1. The van der Waals surface area contributed by atoms with Gasteiger partial charge in [0.05, 0.1) is 10.7 Å². The van der Waals surface area contributed by atoms with Crippen molar-refractivity contribution >= 4 is 40.6 Å². The Morgan fingerprint density at radius 3 is 2.82 bits per heavy atom. The number of aryl methyl sites for hydroxylation is 1. The molecule has 1 aromatic carbocycles. The lowest BCUT2D eigenvalue weighted by Gasteiger charge is -2.06. The molecule has 0 radical (unpaired) electrons. The van der Waals surface area contributed by atoms with E-state index in [1.54, 1.807) is 18.5 Å². The molecule has 0 bridgehead atoms. The number of hydrogen-bond donors (Lipinski definition) is 1. The predicted molar refractivity (Wildman–Crippen MR) is 83.2 cm³/mol. The average molecular weight is 342 g/mol. The van der Waals surface area contributed by atoms with Crippen molar-refractivity contribution in [1.82, 2.24) is 14.8 Å². The normalized spacial score (nSPS) is 10.5. The Morgan fingerprint density at radius 2 is 2.23 bits per heavy atom. The molecule has 0 atom stereocenters. The molecule has 116 valence electrons. The van der Waals surface area contributed by atoms with Gasteiger partial charge in [0.2, 0.25) is 5.91 Å². The van der Waals surface area contributed by atoms with Crippen LogP contribution in [0.15, 0.2) is 23.4 Å². The van der Waals surface area contributed by atoms with Gasteiger partial charge in [-0.05, 0) is 19.1 Å². The maximum atomic E-state index is 11.9. The molecule has 2 aromatic rings. The van der Waals surface area contributed by atoms with E-state index in [1.807, 2.05) is 0 Å². The van der Waals surface area contributed by atoms with Gasteiger partial charge >= 0.3 is 0 Å². The number of thioether (sulfide) groups is 1. The molecule has 0 fully saturated rings. The first kappa shape index (κ1) is 16.2. The molecule has 0 aliphatic heterocycles. The van der Waals surface area contributed by atoms with E-state index in [9.17, 15) is 14.9 Å². The van der Waals surface area contributed by atoms with Crippen LogP contribution in [-0.4, -0.2) is 31.3 Å². The molecule has 22 heavy (non-hydrogen) atoms. The summed E-state index contributed by atoms with van der Waals surface area (Å²) < 4.78 is 1.75. The average Bonchev–Trinajstić information content (AvgIpc) is 2.76. The summed E-state index contributed by atoms with van der Waals surface area (Å²) in [5.74, 6) is 0.389. The number of anilines is 1. The molecule has 1 aromatic heterocycles. The molecule has 0 saturated carbocycles. The highest BCUT2D eigenvalue weighted by atomic mass is 35.5. The van der Waals surface area contributed by atoms with E-state index in [1.165, 1.54) is 30.0 Å². The van der Waals surface area contributed by atoms with Gasteiger partial charge in [-0.3, -0.25) is 14.9 Å². The second-order valence-corrected chi connectivity index (χ2v) is 5.72.